The minimum absolute atomic E-state index is 0.228. The second-order valence-electron chi connectivity index (χ2n) is 3.49. The second kappa shape index (κ2) is 6.27. The predicted molar refractivity (Wildman–Crippen MR) is 55.5 cm³/mol. The third-order valence-corrected chi connectivity index (χ3v) is 2.32. The molecule has 5 nitrogen and oxygen atoms in total. The SMILES string of the molecule is CCOC(=O)NCCCN1CCCC1=O. The van der Waals surface area contributed by atoms with Crippen LogP contribution in [0.1, 0.15) is 26.2 Å². The van der Waals surface area contributed by atoms with E-state index in [9.17, 15) is 9.59 Å². The quantitative estimate of drug-likeness (QED) is 0.687. The number of carbonyl (C=O) groups excluding carboxylic acids is 2. The third kappa shape index (κ3) is 4.18. The third-order valence-electron chi connectivity index (χ3n) is 2.32. The Morgan fingerprint density at radius 3 is 3.00 bits per heavy atom. The number of nitrogens with zero attached hydrogens (tertiary/aromatic N) is 1. The first-order valence-electron chi connectivity index (χ1n) is 5.42. The molecule has 5 heteroatoms. The van der Waals surface area contributed by atoms with Crippen molar-refractivity contribution in [3.05, 3.63) is 0 Å². The highest BCUT2D eigenvalue weighted by Gasteiger charge is 2.18. The molecule has 0 aromatic carbocycles. The summed E-state index contributed by atoms with van der Waals surface area (Å²) in [4.78, 5) is 23.9. The van der Waals surface area contributed by atoms with Crippen molar-refractivity contribution in [3.8, 4) is 0 Å². The Morgan fingerprint density at radius 1 is 1.60 bits per heavy atom. The van der Waals surface area contributed by atoms with Gasteiger partial charge in [0.15, 0.2) is 0 Å². The maximum absolute atomic E-state index is 11.2. The van der Waals surface area contributed by atoms with Crippen molar-refractivity contribution in [1.29, 1.82) is 0 Å². The summed E-state index contributed by atoms with van der Waals surface area (Å²) in [6.07, 6.45) is 2.03. The van der Waals surface area contributed by atoms with Crippen molar-refractivity contribution in [3.63, 3.8) is 0 Å². The van der Waals surface area contributed by atoms with Crippen LogP contribution < -0.4 is 5.32 Å². The Bertz CT molecular complexity index is 231. The van der Waals surface area contributed by atoms with Gasteiger partial charge in [-0.25, -0.2) is 4.79 Å². The summed E-state index contributed by atoms with van der Waals surface area (Å²) in [5.74, 6) is 0.228. The molecular formula is C10H18N2O3. The standard InChI is InChI=1S/C10H18N2O3/c1-2-15-10(14)11-6-4-8-12-7-3-5-9(12)13/h2-8H2,1H3,(H,11,14). The fourth-order valence-corrected chi connectivity index (χ4v) is 1.58. The fraction of sp³-hybridized carbons (Fsp3) is 0.800. The van der Waals surface area contributed by atoms with Crippen LogP contribution in [0.2, 0.25) is 0 Å². The summed E-state index contributed by atoms with van der Waals surface area (Å²) >= 11 is 0. The number of carbonyl (C=O) groups is 2. The molecule has 0 aliphatic carbocycles. The number of nitrogens with one attached hydrogen (secondary N) is 1. The minimum atomic E-state index is -0.384. The zero-order chi connectivity index (χ0) is 11.1. The first kappa shape index (κ1) is 11.8. The van der Waals surface area contributed by atoms with Crippen LogP contribution in [-0.2, 0) is 9.53 Å². The van der Waals surface area contributed by atoms with Crippen LogP contribution in [0.3, 0.4) is 0 Å². The molecule has 0 radical (unpaired) electrons. The number of amides is 2. The fourth-order valence-electron chi connectivity index (χ4n) is 1.58. The maximum Gasteiger partial charge on any atom is 0.407 e. The monoisotopic (exact) mass is 214 g/mol. The van der Waals surface area contributed by atoms with Gasteiger partial charge in [-0.15, -0.1) is 0 Å². The predicted octanol–water partition coefficient (Wildman–Crippen LogP) is 0.745. The highest BCUT2D eigenvalue weighted by Crippen LogP contribution is 2.09. The van der Waals surface area contributed by atoms with Gasteiger partial charge in [0.1, 0.15) is 0 Å². The van der Waals surface area contributed by atoms with Crippen LogP contribution in [0.15, 0.2) is 0 Å². The molecule has 1 saturated heterocycles. The molecule has 1 fully saturated rings. The van der Waals surface area contributed by atoms with Gasteiger partial charge < -0.3 is 15.0 Å². The van der Waals surface area contributed by atoms with E-state index in [4.69, 9.17) is 4.74 Å². The number of likely N-dealkylation sites (tertiary alicyclic amines) is 1. The number of rotatable bonds is 5. The summed E-state index contributed by atoms with van der Waals surface area (Å²) < 4.78 is 4.70. The maximum atomic E-state index is 11.2. The van der Waals surface area contributed by atoms with Gasteiger partial charge in [-0.1, -0.05) is 0 Å². The number of ether oxygens (including phenoxy) is 1. The molecule has 86 valence electrons. The average molecular weight is 214 g/mol. The van der Waals surface area contributed by atoms with Gasteiger partial charge in [-0.3, -0.25) is 4.79 Å². The van der Waals surface area contributed by atoms with Crippen molar-refractivity contribution in [2.24, 2.45) is 0 Å². The number of hydrogen-bond acceptors (Lipinski definition) is 3. The normalized spacial score (nSPS) is 15.5. The molecule has 15 heavy (non-hydrogen) atoms. The molecule has 1 aliphatic rings. The van der Waals surface area contributed by atoms with E-state index in [0.717, 1.165) is 25.9 Å². The first-order valence-corrected chi connectivity index (χ1v) is 5.42. The van der Waals surface area contributed by atoms with E-state index in [0.29, 0.717) is 19.6 Å². The molecule has 0 aromatic heterocycles. The molecular weight excluding hydrogens is 196 g/mol. The van der Waals surface area contributed by atoms with E-state index in [1.807, 2.05) is 4.90 Å². The Kier molecular flexibility index (Phi) is 4.93. The average Bonchev–Trinajstić information content (AvgIpc) is 2.60. The molecule has 1 rings (SSSR count). The zero-order valence-corrected chi connectivity index (χ0v) is 9.12. The Labute approximate surface area is 89.8 Å². The van der Waals surface area contributed by atoms with Crippen molar-refractivity contribution in [1.82, 2.24) is 10.2 Å². The van der Waals surface area contributed by atoms with E-state index >= 15 is 0 Å². The van der Waals surface area contributed by atoms with E-state index in [2.05, 4.69) is 5.32 Å². The van der Waals surface area contributed by atoms with Crippen molar-refractivity contribution >= 4 is 12.0 Å². The van der Waals surface area contributed by atoms with Crippen LogP contribution in [0.4, 0.5) is 4.79 Å². The molecule has 0 saturated carbocycles. The van der Waals surface area contributed by atoms with Gasteiger partial charge in [0.25, 0.3) is 0 Å². The van der Waals surface area contributed by atoms with Gasteiger partial charge in [0.05, 0.1) is 6.61 Å². The Balaban J connectivity index is 2.01. The summed E-state index contributed by atoms with van der Waals surface area (Å²) in [6.45, 7) is 4.30. The summed E-state index contributed by atoms with van der Waals surface area (Å²) in [5, 5.41) is 2.62. The number of alkyl carbamates (subject to hydrolysis) is 1. The van der Waals surface area contributed by atoms with Gasteiger partial charge in [0.2, 0.25) is 5.91 Å². The van der Waals surface area contributed by atoms with Crippen LogP contribution in [0.25, 0.3) is 0 Å². The Hall–Kier alpha value is -1.26. The summed E-state index contributed by atoms with van der Waals surface area (Å²) in [6, 6.07) is 0. The lowest BCUT2D eigenvalue weighted by atomic mass is 10.4. The Morgan fingerprint density at radius 2 is 2.40 bits per heavy atom. The summed E-state index contributed by atoms with van der Waals surface area (Å²) in [7, 11) is 0. The number of hydrogen-bond donors (Lipinski definition) is 1. The van der Waals surface area contributed by atoms with Gasteiger partial charge >= 0.3 is 6.09 Å². The molecule has 0 unspecified atom stereocenters. The van der Waals surface area contributed by atoms with Crippen molar-refractivity contribution in [2.75, 3.05) is 26.2 Å². The van der Waals surface area contributed by atoms with Crippen LogP contribution >= 0.6 is 0 Å². The molecule has 0 spiro atoms. The minimum Gasteiger partial charge on any atom is -0.450 e. The topological polar surface area (TPSA) is 58.6 Å². The van der Waals surface area contributed by atoms with Crippen LogP contribution in [0.5, 0.6) is 0 Å². The summed E-state index contributed by atoms with van der Waals surface area (Å²) in [5.41, 5.74) is 0. The van der Waals surface area contributed by atoms with E-state index in [1.54, 1.807) is 6.92 Å². The second-order valence-corrected chi connectivity index (χ2v) is 3.49. The molecule has 0 atom stereocenters. The highest BCUT2D eigenvalue weighted by atomic mass is 16.5. The smallest absolute Gasteiger partial charge is 0.407 e. The molecule has 0 bridgehead atoms. The molecule has 1 N–H and O–H groups in total. The van der Waals surface area contributed by atoms with E-state index in [1.165, 1.54) is 0 Å². The van der Waals surface area contributed by atoms with E-state index < -0.39 is 0 Å². The lowest BCUT2D eigenvalue weighted by Gasteiger charge is -2.15. The van der Waals surface area contributed by atoms with Crippen LogP contribution in [0, 0.1) is 0 Å². The molecule has 1 aliphatic heterocycles. The van der Waals surface area contributed by atoms with E-state index in [-0.39, 0.29) is 12.0 Å². The lowest BCUT2D eigenvalue weighted by Crippen LogP contribution is -2.30. The largest absolute Gasteiger partial charge is 0.450 e. The van der Waals surface area contributed by atoms with Crippen LogP contribution in [-0.4, -0.2) is 43.1 Å². The van der Waals surface area contributed by atoms with Crippen molar-refractivity contribution < 1.29 is 14.3 Å². The van der Waals surface area contributed by atoms with Crippen molar-refractivity contribution in [2.45, 2.75) is 26.2 Å². The first-order chi connectivity index (χ1) is 7.24. The van der Waals surface area contributed by atoms with Gasteiger partial charge in [0, 0.05) is 26.1 Å². The lowest BCUT2D eigenvalue weighted by molar-refractivity contribution is -0.127. The molecule has 2 amide bonds. The zero-order valence-electron chi connectivity index (χ0n) is 9.12. The molecule has 1 heterocycles. The van der Waals surface area contributed by atoms with Gasteiger partial charge in [-0.2, -0.15) is 0 Å². The van der Waals surface area contributed by atoms with Gasteiger partial charge in [-0.05, 0) is 19.8 Å². The highest BCUT2D eigenvalue weighted by molar-refractivity contribution is 5.78. The molecule has 0 aromatic rings.